The highest BCUT2D eigenvalue weighted by molar-refractivity contribution is 7.20. The number of rotatable bonds is 5. The Morgan fingerprint density at radius 1 is 1.06 bits per heavy atom. The first-order valence-electron chi connectivity index (χ1n) is 11.0. The van der Waals surface area contributed by atoms with Gasteiger partial charge in [-0.1, -0.05) is 11.6 Å². The lowest BCUT2D eigenvalue weighted by Gasteiger charge is -2.27. The second-order valence-corrected chi connectivity index (χ2v) is 9.90. The largest absolute Gasteiger partial charge is 0.350 e. The van der Waals surface area contributed by atoms with Gasteiger partial charge in [-0.2, -0.15) is 0 Å². The third kappa shape index (κ3) is 4.58. The summed E-state index contributed by atoms with van der Waals surface area (Å²) >= 11 is 7.32. The maximum Gasteiger partial charge on any atom is 0.280 e. The summed E-state index contributed by atoms with van der Waals surface area (Å²) in [6.45, 7) is 1.68. The monoisotopic (exact) mass is 482 g/mol. The van der Waals surface area contributed by atoms with Crippen molar-refractivity contribution in [1.29, 1.82) is 0 Å². The van der Waals surface area contributed by atoms with Crippen LogP contribution in [0.15, 0.2) is 42.5 Å². The molecule has 170 valence electrons. The van der Waals surface area contributed by atoms with Crippen LogP contribution in [0.1, 0.15) is 35.5 Å². The maximum atomic E-state index is 12.6. The van der Waals surface area contributed by atoms with Crippen molar-refractivity contribution in [3.63, 3.8) is 0 Å². The van der Waals surface area contributed by atoms with E-state index in [0.29, 0.717) is 41.5 Å². The van der Waals surface area contributed by atoms with E-state index in [2.05, 4.69) is 10.3 Å². The standard InChI is InChI=1S/C24H23ClN4O3S/c25-16-4-9-20-19(12-16)27-24(33-20)23(32)26-13-15-11-22(31)29(14-15)18-7-5-17(6-8-18)28-10-2-1-3-21(28)30/h4-9,12,15H,1-3,10-11,13-14H2,(H,26,32). The highest BCUT2D eigenvalue weighted by Gasteiger charge is 2.31. The number of benzene rings is 2. The van der Waals surface area contributed by atoms with E-state index in [-0.39, 0.29) is 23.6 Å². The number of nitrogens with zero attached hydrogens (tertiary/aromatic N) is 3. The lowest BCUT2D eigenvalue weighted by Crippen LogP contribution is -2.35. The summed E-state index contributed by atoms with van der Waals surface area (Å²) in [5.41, 5.74) is 2.38. The van der Waals surface area contributed by atoms with Crippen LogP contribution in [0.2, 0.25) is 5.02 Å². The van der Waals surface area contributed by atoms with E-state index in [1.54, 1.807) is 17.0 Å². The Bertz CT molecular complexity index is 1230. The molecule has 0 aliphatic carbocycles. The van der Waals surface area contributed by atoms with Crippen molar-refractivity contribution in [2.24, 2.45) is 5.92 Å². The molecule has 3 amide bonds. The van der Waals surface area contributed by atoms with E-state index in [4.69, 9.17) is 11.6 Å². The fourth-order valence-corrected chi connectivity index (χ4v) is 5.40. The predicted octanol–water partition coefficient (Wildman–Crippen LogP) is 4.25. The first kappa shape index (κ1) is 21.9. The zero-order valence-electron chi connectivity index (χ0n) is 17.9. The molecule has 0 radical (unpaired) electrons. The second kappa shape index (κ2) is 9.11. The highest BCUT2D eigenvalue weighted by atomic mass is 35.5. The number of halogens is 1. The molecular weight excluding hydrogens is 460 g/mol. The minimum absolute atomic E-state index is 0.0219. The molecule has 33 heavy (non-hydrogen) atoms. The van der Waals surface area contributed by atoms with Crippen LogP contribution in [-0.2, 0) is 9.59 Å². The van der Waals surface area contributed by atoms with Crippen LogP contribution in [0.5, 0.6) is 0 Å². The van der Waals surface area contributed by atoms with Crippen molar-refractivity contribution in [1.82, 2.24) is 10.3 Å². The maximum absolute atomic E-state index is 12.6. The summed E-state index contributed by atoms with van der Waals surface area (Å²) in [5, 5.41) is 3.89. The minimum atomic E-state index is -0.242. The number of aromatic nitrogens is 1. The van der Waals surface area contributed by atoms with Gasteiger partial charge in [0, 0.05) is 54.8 Å². The van der Waals surface area contributed by atoms with Gasteiger partial charge in [0.2, 0.25) is 11.8 Å². The quantitative estimate of drug-likeness (QED) is 0.589. The lowest BCUT2D eigenvalue weighted by atomic mass is 10.1. The summed E-state index contributed by atoms with van der Waals surface area (Å²) in [4.78, 5) is 45.3. The van der Waals surface area contributed by atoms with Crippen LogP contribution in [0.4, 0.5) is 11.4 Å². The Morgan fingerprint density at radius 2 is 1.82 bits per heavy atom. The molecule has 5 rings (SSSR count). The number of thiazole rings is 1. The average molecular weight is 483 g/mol. The van der Waals surface area contributed by atoms with E-state index in [9.17, 15) is 14.4 Å². The van der Waals surface area contributed by atoms with Crippen molar-refractivity contribution in [2.75, 3.05) is 29.4 Å². The second-order valence-electron chi connectivity index (χ2n) is 8.43. The fraction of sp³-hybridized carbons (Fsp3) is 0.333. The molecule has 1 N–H and O–H groups in total. The number of amides is 3. The molecule has 2 aliphatic heterocycles. The van der Waals surface area contributed by atoms with Crippen LogP contribution >= 0.6 is 22.9 Å². The Morgan fingerprint density at radius 3 is 2.58 bits per heavy atom. The molecule has 2 saturated heterocycles. The SMILES string of the molecule is O=C(NCC1CC(=O)N(c2ccc(N3CCCCC3=O)cc2)C1)c1nc2cc(Cl)ccc2s1. The number of anilines is 2. The molecule has 2 fully saturated rings. The molecule has 9 heteroatoms. The van der Waals surface area contributed by atoms with Gasteiger partial charge in [-0.15, -0.1) is 11.3 Å². The smallest absolute Gasteiger partial charge is 0.280 e. The summed E-state index contributed by atoms with van der Waals surface area (Å²) in [7, 11) is 0. The molecular formula is C24H23ClN4O3S. The Hall–Kier alpha value is -2.97. The van der Waals surface area contributed by atoms with Crippen LogP contribution in [-0.4, -0.2) is 42.3 Å². The van der Waals surface area contributed by atoms with Crippen molar-refractivity contribution in [3.05, 3.63) is 52.5 Å². The Balaban J connectivity index is 1.19. The third-order valence-corrected chi connectivity index (χ3v) is 7.37. The van der Waals surface area contributed by atoms with Gasteiger partial charge in [0.1, 0.15) is 0 Å². The number of hydrogen-bond acceptors (Lipinski definition) is 5. The number of hydrogen-bond donors (Lipinski definition) is 1. The van der Waals surface area contributed by atoms with Gasteiger partial charge < -0.3 is 15.1 Å². The van der Waals surface area contributed by atoms with Crippen molar-refractivity contribution in [3.8, 4) is 0 Å². The molecule has 3 aromatic rings. The molecule has 7 nitrogen and oxygen atoms in total. The van der Waals surface area contributed by atoms with E-state index >= 15 is 0 Å². The summed E-state index contributed by atoms with van der Waals surface area (Å²) in [5.74, 6) is -0.0358. The molecule has 1 aromatic heterocycles. The fourth-order valence-electron chi connectivity index (χ4n) is 4.37. The Kier molecular flexibility index (Phi) is 6.03. The third-order valence-electron chi connectivity index (χ3n) is 6.10. The van der Waals surface area contributed by atoms with Gasteiger partial charge in [-0.05, 0) is 55.3 Å². The number of piperidine rings is 1. The van der Waals surface area contributed by atoms with Crippen molar-refractivity contribution < 1.29 is 14.4 Å². The van der Waals surface area contributed by atoms with Gasteiger partial charge in [0.15, 0.2) is 5.01 Å². The van der Waals surface area contributed by atoms with Gasteiger partial charge in [0.05, 0.1) is 10.2 Å². The topological polar surface area (TPSA) is 82.6 Å². The molecule has 1 unspecified atom stereocenters. The first-order chi connectivity index (χ1) is 16.0. The minimum Gasteiger partial charge on any atom is -0.350 e. The summed E-state index contributed by atoms with van der Waals surface area (Å²) in [6.07, 6.45) is 2.92. The normalized spacial score (nSPS) is 18.9. The highest BCUT2D eigenvalue weighted by Crippen LogP contribution is 2.29. The van der Waals surface area contributed by atoms with Crippen LogP contribution in [0.25, 0.3) is 10.2 Å². The van der Waals surface area contributed by atoms with Gasteiger partial charge in [-0.3, -0.25) is 14.4 Å². The van der Waals surface area contributed by atoms with E-state index < -0.39 is 0 Å². The van der Waals surface area contributed by atoms with Gasteiger partial charge >= 0.3 is 0 Å². The lowest BCUT2D eigenvalue weighted by molar-refractivity contribution is -0.119. The zero-order chi connectivity index (χ0) is 22.9. The molecule has 1 atom stereocenters. The van der Waals surface area contributed by atoms with Crippen LogP contribution in [0, 0.1) is 5.92 Å². The number of nitrogens with one attached hydrogen (secondary N) is 1. The number of carbonyl (C=O) groups excluding carboxylic acids is 3. The molecule has 2 aromatic carbocycles. The predicted molar refractivity (Wildman–Crippen MR) is 130 cm³/mol. The van der Waals surface area contributed by atoms with Gasteiger partial charge in [-0.25, -0.2) is 4.98 Å². The first-order valence-corrected chi connectivity index (χ1v) is 12.2. The molecule has 2 aliphatic rings. The Labute approximate surface area is 200 Å². The van der Waals surface area contributed by atoms with Gasteiger partial charge in [0.25, 0.3) is 5.91 Å². The number of carbonyl (C=O) groups is 3. The van der Waals surface area contributed by atoms with Crippen molar-refractivity contribution >= 4 is 62.3 Å². The van der Waals surface area contributed by atoms with E-state index in [0.717, 1.165) is 35.5 Å². The summed E-state index contributed by atoms with van der Waals surface area (Å²) < 4.78 is 0.904. The van der Waals surface area contributed by atoms with Crippen LogP contribution < -0.4 is 15.1 Å². The zero-order valence-corrected chi connectivity index (χ0v) is 19.5. The number of fused-ring (bicyclic) bond motifs is 1. The van der Waals surface area contributed by atoms with Crippen molar-refractivity contribution in [2.45, 2.75) is 25.7 Å². The molecule has 0 saturated carbocycles. The van der Waals surface area contributed by atoms with E-state index in [1.165, 1.54) is 11.3 Å². The average Bonchev–Trinajstić information content (AvgIpc) is 3.41. The molecule has 3 heterocycles. The summed E-state index contributed by atoms with van der Waals surface area (Å²) in [6, 6.07) is 13.0. The molecule has 0 spiro atoms. The molecule has 0 bridgehead atoms. The van der Waals surface area contributed by atoms with E-state index in [1.807, 2.05) is 35.2 Å². The van der Waals surface area contributed by atoms with Crippen LogP contribution in [0.3, 0.4) is 0 Å².